The second-order valence-corrected chi connectivity index (χ2v) is 4.51. The molecule has 0 radical (unpaired) electrons. The van der Waals surface area contributed by atoms with Gasteiger partial charge in [-0.2, -0.15) is 0 Å². The summed E-state index contributed by atoms with van der Waals surface area (Å²) in [7, 11) is 0. The van der Waals surface area contributed by atoms with Crippen LogP contribution in [0.5, 0.6) is 0 Å². The van der Waals surface area contributed by atoms with E-state index in [2.05, 4.69) is 6.07 Å². The lowest BCUT2D eigenvalue weighted by molar-refractivity contribution is 0.0404. The molecule has 1 aliphatic carbocycles. The summed E-state index contributed by atoms with van der Waals surface area (Å²) in [5.41, 5.74) is 7.52. The van der Waals surface area contributed by atoms with E-state index in [4.69, 9.17) is 5.73 Å². The Balaban J connectivity index is 2.32. The largest absolute Gasteiger partial charge is 0.327 e. The summed E-state index contributed by atoms with van der Waals surface area (Å²) >= 11 is 0. The summed E-state index contributed by atoms with van der Waals surface area (Å²) in [5, 5.41) is 0. The van der Waals surface area contributed by atoms with Crippen LogP contribution in [0, 0.1) is 13.8 Å². The van der Waals surface area contributed by atoms with Gasteiger partial charge in [0.1, 0.15) is 5.67 Å². The van der Waals surface area contributed by atoms with Crippen molar-refractivity contribution in [3.8, 4) is 0 Å². The van der Waals surface area contributed by atoms with Gasteiger partial charge in [-0.1, -0.05) is 29.3 Å². The summed E-state index contributed by atoms with van der Waals surface area (Å²) in [6, 6.07) is 5.96. The van der Waals surface area contributed by atoms with Crippen LogP contribution in [-0.2, 0) is 5.67 Å². The lowest BCUT2D eigenvalue weighted by Gasteiger charge is -2.40. The molecule has 76 valence electrons. The first-order chi connectivity index (χ1) is 6.49. The van der Waals surface area contributed by atoms with Gasteiger partial charge >= 0.3 is 0 Å². The average molecular weight is 193 g/mol. The van der Waals surface area contributed by atoms with Gasteiger partial charge in [-0.25, -0.2) is 4.39 Å². The van der Waals surface area contributed by atoms with Crippen LogP contribution in [0.2, 0.25) is 0 Å². The number of benzene rings is 1. The van der Waals surface area contributed by atoms with Gasteiger partial charge in [0.15, 0.2) is 0 Å². The van der Waals surface area contributed by atoms with Crippen molar-refractivity contribution in [1.82, 2.24) is 0 Å². The van der Waals surface area contributed by atoms with Crippen molar-refractivity contribution >= 4 is 0 Å². The molecule has 0 unspecified atom stereocenters. The summed E-state index contributed by atoms with van der Waals surface area (Å²) in [4.78, 5) is 0. The number of rotatable bonds is 1. The molecule has 2 rings (SSSR count). The van der Waals surface area contributed by atoms with Crippen LogP contribution < -0.4 is 5.73 Å². The molecule has 1 saturated carbocycles. The normalized spacial score (nSPS) is 31.3. The molecule has 14 heavy (non-hydrogen) atoms. The van der Waals surface area contributed by atoms with Crippen LogP contribution in [0.1, 0.15) is 29.5 Å². The number of hydrogen-bond acceptors (Lipinski definition) is 1. The SMILES string of the molecule is Cc1cc(C)cc(C2(F)CC(N)C2)c1. The predicted octanol–water partition coefficient (Wildman–Crippen LogP) is 2.59. The minimum Gasteiger partial charge on any atom is -0.327 e. The third-order valence-corrected chi connectivity index (χ3v) is 2.91. The molecule has 0 amide bonds. The zero-order valence-corrected chi connectivity index (χ0v) is 8.68. The maximum atomic E-state index is 14.2. The lowest BCUT2D eigenvalue weighted by Crippen LogP contribution is -2.46. The van der Waals surface area contributed by atoms with Crippen molar-refractivity contribution < 1.29 is 4.39 Å². The monoisotopic (exact) mass is 193 g/mol. The maximum absolute atomic E-state index is 14.2. The molecule has 0 saturated heterocycles. The number of alkyl halides is 1. The van der Waals surface area contributed by atoms with E-state index in [9.17, 15) is 4.39 Å². The second kappa shape index (κ2) is 3.06. The Morgan fingerprint density at radius 3 is 2.14 bits per heavy atom. The fraction of sp³-hybridized carbons (Fsp3) is 0.500. The topological polar surface area (TPSA) is 26.0 Å². The van der Waals surface area contributed by atoms with E-state index in [1.54, 1.807) is 0 Å². The van der Waals surface area contributed by atoms with Gasteiger partial charge in [-0.15, -0.1) is 0 Å². The van der Waals surface area contributed by atoms with E-state index in [1.165, 1.54) is 0 Å². The van der Waals surface area contributed by atoms with Crippen molar-refractivity contribution in [3.05, 3.63) is 34.9 Å². The Morgan fingerprint density at radius 1 is 1.21 bits per heavy atom. The maximum Gasteiger partial charge on any atom is 0.139 e. The number of aryl methyl sites for hydroxylation is 2. The van der Waals surface area contributed by atoms with Crippen LogP contribution in [-0.4, -0.2) is 6.04 Å². The summed E-state index contributed by atoms with van der Waals surface area (Å²) in [6.45, 7) is 4.00. The molecule has 0 aromatic heterocycles. The molecule has 1 nitrogen and oxygen atoms in total. The van der Waals surface area contributed by atoms with Gasteiger partial charge in [-0.3, -0.25) is 0 Å². The molecule has 0 heterocycles. The fourth-order valence-electron chi connectivity index (χ4n) is 2.24. The number of nitrogens with two attached hydrogens (primary N) is 1. The molecule has 0 spiro atoms. The average Bonchev–Trinajstić information content (AvgIpc) is 1.99. The van der Waals surface area contributed by atoms with Crippen LogP contribution >= 0.6 is 0 Å². The number of hydrogen-bond donors (Lipinski definition) is 1. The summed E-state index contributed by atoms with van der Waals surface area (Å²) < 4.78 is 14.2. The first-order valence-electron chi connectivity index (χ1n) is 5.03. The molecule has 1 aliphatic rings. The highest BCUT2D eigenvalue weighted by Gasteiger charge is 2.44. The highest BCUT2D eigenvalue weighted by molar-refractivity contribution is 5.34. The van der Waals surface area contributed by atoms with E-state index < -0.39 is 5.67 Å². The van der Waals surface area contributed by atoms with Crippen LogP contribution in [0.15, 0.2) is 18.2 Å². The highest BCUT2D eigenvalue weighted by atomic mass is 19.1. The van der Waals surface area contributed by atoms with Gasteiger partial charge in [-0.05, 0) is 19.4 Å². The highest BCUT2D eigenvalue weighted by Crippen LogP contribution is 2.44. The zero-order valence-electron chi connectivity index (χ0n) is 8.68. The third-order valence-electron chi connectivity index (χ3n) is 2.91. The van der Waals surface area contributed by atoms with E-state index in [0.29, 0.717) is 12.8 Å². The Morgan fingerprint density at radius 2 is 1.71 bits per heavy atom. The predicted molar refractivity (Wildman–Crippen MR) is 55.9 cm³/mol. The molecular formula is C12H16FN. The Kier molecular flexibility index (Phi) is 2.11. The zero-order chi connectivity index (χ0) is 10.3. The van der Waals surface area contributed by atoms with Gasteiger partial charge in [0.2, 0.25) is 0 Å². The Hall–Kier alpha value is -0.890. The molecule has 0 atom stereocenters. The first-order valence-corrected chi connectivity index (χ1v) is 5.03. The van der Waals surface area contributed by atoms with E-state index >= 15 is 0 Å². The van der Waals surface area contributed by atoms with Gasteiger partial charge in [0.25, 0.3) is 0 Å². The molecule has 2 N–H and O–H groups in total. The minimum atomic E-state index is -1.16. The molecule has 1 aromatic rings. The molecule has 1 aromatic carbocycles. The summed E-state index contributed by atoms with van der Waals surface area (Å²) in [6.07, 6.45) is 0.936. The smallest absolute Gasteiger partial charge is 0.139 e. The molecule has 0 aliphatic heterocycles. The van der Waals surface area contributed by atoms with Crippen LogP contribution in [0.25, 0.3) is 0 Å². The Labute approximate surface area is 84.1 Å². The van der Waals surface area contributed by atoms with E-state index in [0.717, 1.165) is 16.7 Å². The fourth-order valence-corrected chi connectivity index (χ4v) is 2.24. The summed E-state index contributed by atoms with van der Waals surface area (Å²) in [5.74, 6) is 0. The first kappa shape index (κ1) is 9.66. The van der Waals surface area contributed by atoms with Crippen molar-refractivity contribution in [2.24, 2.45) is 5.73 Å². The van der Waals surface area contributed by atoms with Gasteiger partial charge in [0.05, 0.1) is 0 Å². The standard InChI is InChI=1S/C12H16FN/c1-8-3-9(2)5-10(4-8)12(13)6-11(14)7-12/h3-5,11H,6-7,14H2,1-2H3. The van der Waals surface area contributed by atoms with Gasteiger partial charge < -0.3 is 5.73 Å². The quantitative estimate of drug-likeness (QED) is 0.729. The molecule has 1 fully saturated rings. The second-order valence-electron chi connectivity index (χ2n) is 4.51. The molecule has 2 heteroatoms. The van der Waals surface area contributed by atoms with Crippen molar-refractivity contribution in [2.75, 3.05) is 0 Å². The van der Waals surface area contributed by atoms with Gasteiger partial charge in [0, 0.05) is 18.9 Å². The van der Waals surface area contributed by atoms with E-state index in [-0.39, 0.29) is 6.04 Å². The Bertz CT molecular complexity index is 333. The number of halogens is 1. The van der Waals surface area contributed by atoms with Crippen molar-refractivity contribution in [1.29, 1.82) is 0 Å². The van der Waals surface area contributed by atoms with Crippen molar-refractivity contribution in [3.63, 3.8) is 0 Å². The van der Waals surface area contributed by atoms with Crippen LogP contribution in [0.3, 0.4) is 0 Å². The third kappa shape index (κ3) is 1.55. The molecule has 0 bridgehead atoms. The van der Waals surface area contributed by atoms with Crippen LogP contribution in [0.4, 0.5) is 4.39 Å². The minimum absolute atomic E-state index is 0.0424. The van der Waals surface area contributed by atoms with Crippen molar-refractivity contribution in [2.45, 2.75) is 38.4 Å². The van der Waals surface area contributed by atoms with E-state index in [1.807, 2.05) is 26.0 Å². The lowest BCUT2D eigenvalue weighted by atomic mass is 9.73. The molecular weight excluding hydrogens is 177 g/mol.